The molecule has 0 saturated carbocycles. The van der Waals surface area contributed by atoms with E-state index in [1.165, 1.54) is 6.21 Å². The Labute approximate surface area is 186 Å². The van der Waals surface area contributed by atoms with Gasteiger partial charge in [0.2, 0.25) is 0 Å². The quantitative estimate of drug-likeness (QED) is 0.412. The second-order valence-electron chi connectivity index (χ2n) is 8.10. The van der Waals surface area contributed by atoms with Crippen molar-refractivity contribution in [2.75, 3.05) is 0 Å². The number of carbonyl (C=O) groups excluding carboxylic acids is 1. The van der Waals surface area contributed by atoms with Gasteiger partial charge >= 0.3 is 0 Å². The van der Waals surface area contributed by atoms with Crippen LogP contribution in [0.15, 0.2) is 53.6 Å². The Balaban J connectivity index is 1.68. The summed E-state index contributed by atoms with van der Waals surface area (Å²) in [5.41, 5.74) is 6.70. The molecule has 156 valence electrons. The number of benzene rings is 2. The predicted octanol–water partition coefficient (Wildman–Crippen LogP) is 5.61. The van der Waals surface area contributed by atoms with Crippen molar-refractivity contribution in [2.24, 2.45) is 5.10 Å². The van der Waals surface area contributed by atoms with Gasteiger partial charge in [-0.05, 0) is 47.7 Å². The normalized spacial score (nSPS) is 11.8. The third kappa shape index (κ3) is 5.29. The molecule has 0 atom stereocenters. The van der Waals surface area contributed by atoms with Gasteiger partial charge in [0.25, 0.3) is 5.91 Å². The maximum atomic E-state index is 12.4. The van der Waals surface area contributed by atoms with Crippen LogP contribution in [0.4, 0.5) is 0 Å². The monoisotopic (exact) mass is 442 g/mol. The summed E-state index contributed by atoms with van der Waals surface area (Å²) in [5, 5.41) is 9.66. The first-order chi connectivity index (χ1) is 14.1. The fourth-order valence-corrected chi connectivity index (χ4v) is 3.33. The van der Waals surface area contributed by atoms with Crippen molar-refractivity contribution in [3.05, 3.63) is 86.7 Å². The van der Waals surface area contributed by atoms with E-state index in [0.717, 1.165) is 16.8 Å². The number of nitrogens with one attached hydrogen (secondary N) is 1. The number of rotatable bonds is 5. The van der Waals surface area contributed by atoms with E-state index in [-0.39, 0.29) is 11.3 Å². The molecular formula is C23H24Cl2N4O. The van der Waals surface area contributed by atoms with Crippen LogP contribution in [0.3, 0.4) is 0 Å². The summed E-state index contributed by atoms with van der Waals surface area (Å²) in [6, 6.07) is 15.0. The minimum absolute atomic E-state index is 0.0353. The van der Waals surface area contributed by atoms with Gasteiger partial charge in [0, 0.05) is 10.6 Å². The summed E-state index contributed by atoms with van der Waals surface area (Å²) in [6.07, 6.45) is 1.52. The molecular weight excluding hydrogens is 419 g/mol. The van der Waals surface area contributed by atoms with Gasteiger partial charge in [-0.2, -0.15) is 10.2 Å². The Bertz CT molecular complexity index is 1060. The highest BCUT2D eigenvalue weighted by atomic mass is 35.5. The second-order valence-corrected chi connectivity index (χ2v) is 8.89. The van der Waals surface area contributed by atoms with Crippen molar-refractivity contribution in [3.8, 4) is 0 Å². The van der Waals surface area contributed by atoms with Crippen molar-refractivity contribution in [3.63, 3.8) is 0 Å². The lowest BCUT2D eigenvalue weighted by Crippen LogP contribution is -2.18. The first-order valence-corrected chi connectivity index (χ1v) is 10.3. The van der Waals surface area contributed by atoms with Crippen molar-refractivity contribution >= 4 is 35.3 Å². The van der Waals surface area contributed by atoms with E-state index >= 15 is 0 Å². The lowest BCUT2D eigenvalue weighted by molar-refractivity contribution is 0.0955. The minimum atomic E-state index is -0.283. The second kappa shape index (κ2) is 9.02. The third-order valence-corrected chi connectivity index (χ3v) is 5.38. The molecule has 0 aliphatic heterocycles. The van der Waals surface area contributed by atoms with Crippen LogP contribution < -0.4 is 5.43 Å². The van der Waals surface area contributed by atoms with Gasteiger partial charge in [-0.25, -0.2) is 10.1 Å². The molecule has 0 bridgehead atoms. The summed E-state index contributed by atoms with van der Waals surface area (Å²) in [7, 11) is 0. The largest absolute Gasteiger partial charge is 0.271 e. The number of carbonyl (C=O) groups is 1. The first-order valence-electron chi connectivity index (χ1n) is 9.56. The smallest absolute Gasteiger partial charge is 0.267 e. The average molecular weight is 443 g/mol. The molecule has 1 heterocycles. The van der Waals surface area contributed by atoms with Crippen LogP contribution in [0.25, 0.3) is 0 Å². The molecule has 5 nitrogen and oxygen atoms in total. The molecule has 1 N–H and O–H groups in total. The van der Waals surface area contributed by atoms with Crippen LogP contribution in [0.2, 0.25) is 10.2 Å². The lowest BCUT2D eigenvalue weighted by atomic mass is 9.87. The van der Waals surface area contributed by atoms with Gasteiger partial charge in [-0.3, -0.25) is 4.79 Å². The summed E-state index contributed by atoms with van der Waals surface area (Å²) in [4.78, 5) is 12.4. The summed E-state index contributed by atoms with van der Waals surface area (Å²) in [6.45, 7) is 8.75. The third-order valence-electron chi connectivity index (χ3n) is 4.73. The molecule has 0 unspecified atom stereocenters. The van der Waals surface area contributed by atoms with Crippen LogP contribution >= 0.6 is 23.2 Å². The fourth-order valence-electron chi connectivity index (χ4n) is 2.92. The maximum absolute atomic E-state index is 12.4. The van der Waals surface area contributed by atoms with Gasteiger partial charge < -0.3 is 0 Å². The standard InChI is InChI=1S/C23H24Cl2N4O/c1-15-20(21(25)29(28-15)14-16-5-11-19(24)12-6-16)13-26-27-22(30)17-7-9-18(10-8-17)23(2,3)4/h5-13H,14H2,1-4H3,(H,27,30)/b26-13+. The van der Waals surface area contributed by atoms with E-state index in [1.54, 1.807) is 16.8 Å². The molecule has 0 saturated heterocycles. The highest BCUT2D eigenvalue weighted by molar-refractivity contribution is 6.32. The molecule has 1 aromatic heterocycles. The average Bonchev–Trinajstić information content (AvgIpc) is 2.96. The summed E-state index contributed by atoms with van der Waals surface area (Å²) >= 11 is 12.4. The molecule has 0 spiro atoms. The van der Waals surface area contributed by atoms with E-state index < -0.39 is 0 Å². The number of amides is 1. The van der Waals surface area contributed by atoms with E-state index in [2.05, 4.69) is 36.4 Å². The molecule has 30 heavy (non-hydrogen) atoms. The number of nitrogens with zero attached hydrogens (tertiary/aromatic N) is 3. The van der Waals surface area contributed by atoms with Crippen molar-refractivity contribution in [1.82, 2.24) is 15.2 Å². The van der Waals surface area contributed by atoms with E-state index in [0.29, 0.717) is 27.8 Å². The van der Waals surface area contributed by atoms with Crippen LogP contribution in [0, 0.1) is 6.92 Å². The fraction of sp³-hybridized carbons (Fsp3) is 0.261. The zero-order valence-electron chi connectivity index (χ0n) is 17.4. The van der Waals surface area contributed by atoms with Crippen molar-refractivity contribution in [2.45, 2.75) is 39.7 Å². The number of hydrogen-bond acceptors (Lipinski definition) is 3. The topological polar surface area (TPSA) is 59.3 Å². The van der Waals surface area contributed by atoms with Crippen molar-refractivity contribution < 1.29 is 4.79 Å². The zero-order chi connectivity index (χ0) is 21.9. The van der Waals surface area contributed by atoms with Crippen LogP contribution in [-0.4, -0.2) is 21.9 Å². The molecule has 3 rings (SSSR count). The summed E-state index contributed by atoms with van der Waals surface area (Å²) < 4.78 is 1.69. The number of halogens is 2. The predicted molar refractivity (Wildman–Crippen MR) is 123 cm³/mol. The van der Waals surface area contributed by atoms with Crippen LogP contribution in [0.5, 0.6) is 0 Å². The summed E-state index contributed by atoms with van der Waals surface area (Å²) in [5.74, 6) is -0.283. The van der Waals surface area contributed by atoms with Crippen molar-refractivity contribution in [1.29, 1.82) is 0 Å². The molecule has 0 fully saturated rings. The van der Waals surface area contributed by atoms with E-state index in [9.17, 15) is 4.79 Å². The SMILES string of the molecule is Cc1nn(Cc2ccc(Cl)cc2)c(Cl)c1/C=N/NC(=O)c1ccc(C(C)(C)C)cc1. The van der Waals surface area contributed by atoms with E-state index in [1.807, 2.05) is 43.3 Å². The van der Waals surface area contributed by atoms with Gasteiger partial charge in [0.15, 0.2) is 0 Å². The number of hydrazone groups is 1. The highest BCUT2D eigenvalue weighted by Crippen LogP contribution is 2.22. The Morgan fingerprint density at radius 2 is 1.73 bits per heavy atom. The van der Waals surface area contributed by atoms with Gasteiger partial charge in [0.1, 0.15) is 5.15 Å². The zero-order valence-corrected chi connectivity index (χ0v) is 18.9. The highest BCUT2D eigenvalue weighted by Gasteiger charge is 2.15. The number of aromatic nitrogens is 2. The van der Waals surface area contributed by atoms with Gasteiger partial charge in [-0.15, -0.1) is 0 Å². The van der Waals surface area contributed by atoms with E-state index in [4.69, 9.17) is 23.2 Å². The Hall–Kier alpha value is -2.63. The molecule has 0 aliphatic carbocycles. The maximum Gasteiger partial charge on any atom is 0.271 e. The minimum Gasteiger partial charge on any atom is -0.267 e. The van der Waals surface area contributed by atoms with Gasteiger partial charge in [0.05, 0.1) is 24.0 Å². The Kier molecular flexibility index (Phi) is 6.64. The Morgan fingerprint density at radius 1 is 1.10 bits per heavy atom. The lowest BCUT2D eigenvalue weighted by Gasteiger charge is -2.18. The first kappa shape index (κ1) is 22.1. The number of hydrogen-bond donors (Lipinski definition) is 1. The number of aryl methyl sites for hydroxylation is 1. The molecule has 0 radical (unpaired) electrons. The Morgan fingerprint density at radius 3 is 2.33 bits per heavy atom. The van der Waals surface area contributed by atoms with Gasteiger partial charge in [-0.1, -0.05) is 68.2 Å². The van der Waals surface area contributed by atoms with Crippen LogP contribution in [0.1, 0.15) is 53.5 Å². The van der Waals surface area contributed by atoms with Crippen LogP contribution in [-0.2, 0) is 12.0 Å². The molecule has 7 heteroatoms. The molecule has 0 aliphatic rings. The molecule has 3 aromatic rings. The molecule has 2 aromatic carbocycles. The molecule has 1 amide bonds.